The number of hydrogen-bond donors (Lipinski definition) is 1. The quantitative estimate of drug-likeness (QED) is 0.770. The molecule has 0 saturated heterocycles. The van der Waals surface area contributed by atoms with Crippen LogP contribution in [0, 0.1) is 10.5 Å². The van der Waals surface area contributed by atoms with Gasteiger partial charge in [0, 0.05) is 9.26 Å². The minimum Gasteiger partial charge on any atom is -0.279 e. The third kappa shape index (κ3) is 3.17. The maximum Gasteiger partial charge on any atom is 0.271 e. The first-order chi connectivity index (χ1) is 8.38. The summed E-state index contributed by atoms with van der Waals surface area (Å²) in [5.41, 5.74) is 1.31. The fourth-order valence-electron chi connectivity index (χ4n) is 1.32. The van der Waals surface area contributed by atoms with E-state index in [-0.39, 0.29) is 4.21 Å². The molecule has 2 rings (SSSR count). The lowest BCUT2D eigenvalue weighted by atomic mass is 10.3. The molecule has 0 radical (unpaired) electrons. The van der Waals surface area contributed by atoms with Crippen molar-refractivity contribution in [2.75, 3.05) is 4.72 Å². The number of anilines is 1. The molecule has 0 aliphatic carbocycles. The normalized spacial score (nSPS) is 11.5. The van der Waals surface area contributed by atoms with E-state index in [0.717, 1.165) is 20.5 Å². The van der Waals surface area contributed by atoms with E-state index in [4.69, 9.17) is 11.6 Å². The Morgan fingerprint density at radius 1 is 1.33 bits per heavy atom. The Bertz CT molecular complexity index is 663. The molecule has 18 heavy (non-hydrogen) atoms. The number of hydrogen-bond acceptors (Lipinski definition) is 3. The zero-order valence-corrected chi connectivity index (χ0v) is 13.8. The van der Waals surface area contributed by atoms with Crippen molar-refractivity contribution >= 4 is 61.2 Å². The van der Waals surface area contributed by atoms with E-state index >= 15 is 0 Å². The predicted octanol–water partition coefficient (Wildman–Crippen LogP) is 4.12. The van der Waals surface area contributed by atoms with E-state index in [1.807, 2.05) is 6.07 Å². The summed E-state index contributed by atoms with van der Waals surface area (Å²) in [6, 6.07) is 8.74. The van der Waals surface area contributed by atoms with Crippen LogP contribution in [-0.4, -0.2) is 8.42 Å². The summed E-state index contributed by atoms with van der Waals surface area (Å²) in [5.74, 6) is 0. The first kappa shape index (κ1) is 14.1. The van der Waals surface area contributed by atoms with Crippen LogP contribution in [0.2, 0.25) is 4.34 Å². The summed E-state index contributed by atoms with van der Waals surface area (Å²) in [5, 5.41) is 0. The topological polar surface area (TPSA) is 46.2 Å². The van der Waals surface area contributed by atoms with Crippen LogP contribution >= 0.6 is 45.5 Å². The summed E-state index contributed by atoms with van der Waals surface area (Å²) in [6.07, 6.45) is 0. The second-order valence-corrected chi connectivity index (χ2v) is 8.45. The van der Waals surface area contributed by atoms with Gasteiger partial charge in [-0.15, -0.1) is 11.3 Å². The molecule has 1 aromatic heterocycles. The van der Waals surface area contributed by atoms with Crippen LogP contribution in [0.1, 0.15) is 5.56 Å². The molecule has 1 aromatic carbocycles. The molecule has 0 spiro atoms. The van der Waals surface area contributed by atoms with Crippen molar-refractivity contribution in [2.45, 2.75) is 11.1 Å². The number of sulfonamides is 1. The van der Waals surface area contributed by atoms with Crippen molar-refractivity contribution in [1.29, 1.82) is 0 Å². The van der Waals surface area contributed by atoms with Crippen LogP contribution in [0.15, 0.2) is 34.5 Å². The molecular weight excluding hydrogens is 405 g/mol. The zero-order chi connectivity index (χ0) is 13.3. The van der Waals surface area contributed by atoms with Crippen LogP contribution < -0.4 is 4.72 Å². The number of benzene rings is 1. The molecule has 0 fully saturated rings. The average Bonchev–Trinajstić information content (AvgIpc) is 2.59. The fourth-order valence-corrected chi connectivity index (χ4v) is 4.62. The summed E-state index contributed by atoms with van der Waals surface area (Å²) >= 11 is 9.07. The standard InChI is InChI=1S/C11H9ClINO2S2/c1-7-5-10(17-11(7)12)18(15,16)14-9-4-2-3-8(13)6-9/h2-6,14H,1H3. The molecule has 0 aliphatic rings. The van der Waals surface area contributed by atoms with Gasteiger partial charge in [-0.1, -0.05) is 17.7 Å². The van der Waals surface area contributed by atoms with Gasteiger partial charge in [-0.2, -0.15) is 0 Å². The first-order valence-corrected chi connectivity index (χ1v) is 8.68. The Balaban J connectivity index is 2.33. The van der Waals surface area contributed by atoms with E-state index in [1.54, 1.807) is 31.2 Å². The molecule has 3 nitrogen and oxygen atoms in total. The van der Waals surface area contributed by atoms with Crippen molar-refractivity contribution in [2.24, 2.45) is 0 Å². The lowest BCUT2D eigenvalue weighted by Gasteiger charge is -2.06. The second-order valence-electron chi connectivity index (χ2n) is 3.64. The van der Waals surface area contributed by atoms with Crippen molar-refractivity contribution < 1.29 is 8.42 Å². The number of rotatable bonds is 3. The van der Waals surface area contributed by atoms with Crippen molar-refractivity contribution in [3.63, 3.8) is 0 Å². The third-order valence-electron chi connectivity index (χ3n) is 2.18. The van der Waals surface area contributed by atoms with Gasteiger partial charge in [0.25, 0.3) is 10.0 Å². The molecule has 0 saturated carbocycles. The van der Waals surface area contributed by atoms with Gasteiger partial charge < -0.3 is 0 Å². The number of thiophene rings is 1. The smallest absolute Gasteiger partial charge is 0.271 e. The number of nitrogens with one attached hydrogen (secondary N) is 1. The molecule has 1 N–H and O–H groups in total. The van der Waals surface area contributed by atoms with Gasteiger partial charge in [0.15, 0.2) is 0 Å². The maximum absolute atomic E-state index is 12.1. The monoisotopic (exact) mass is 413 g/mol. The van der Waals surface area contributed by atoms with Gasteiger partial charge >= 0.3 is 0 Å². The Hall–Kier alpha value is -0.310. The summed E-state index contributed by atoms with van der Waals surface area (Å²) in [6.45, 7) is 1.78. The highest BCUT2D eigenvalue weighted by molar-refractivity contribution is 14.1. The van der Waals surface area contributed by atoms with Gasteiger partial charge in [-0.25, -0.2) is 8.42 Å². The summed E-state index contributed by atoms with van der Waals surface area (Å²) in [4.78, 5) is 0. The molecular formula is C11H9ClINO2S2. The minimum absolute atomic E-state index is 0.226. The molecule has 2 aromatic rings. The highest BCUT2D eigenvalue weighted by atomic mass is 127. The third-order valence-corrected chi connectivity index (χ3v) is 6.26. The van der Waals surface area contributed by atoms with E-state index in [2.05, 4.69) is 27.3 Å². The molecule has 0 aliphatic heterocycles. The van der Waals surface area contributed by atoms with Gasteiger partial charge in [0.1, 0.15) is 4.21 Å². The van der Waals surface area contributed by atoms with Crippen LogP contribution in [0.3, 0.4) is 0 Å². The molecule has 0 amide bonds. The lowest BCUT2D eigenvalue weighted by Crippen LogP contribution is -2.11. The van der Waals surface area contributed by atoms with Gasteiger partial charge in [0.05, 0.1) is 4.34 Å². The second kappa shape index (κ2) is 5.36. The molecule has 1 heterocycles. The number of halogens is 2. The van der Waals surface area contributed by atoms with E-state index in [0.29, 0.717) is 10.0 Å². The highest BCUT2D eigenvalue weighted by Gasteiger charge is 2.18. The summed E-state index contributed by atoms with van der Waals surface area (Å²) < 4.78 is 28.5. The van der Waals surface area contributed by atoms with Crippen molar-refractivity contribution in [1.82, 2.24) is 0 Å². The largest absolute Gasteiger partial charge is 0.279 e. The fraction of sp³-hybridized carbons (Fsp3) is 0.0909. The zero-order valence-electron chi connectivity index (χ0n) is 9.28. The Morgan fingerprint density at radius 3 is 2.61 bits per heavy atom. The molecule has 7 heteroatoms. The lowest BCUT2D eigenvalue weighted by molar-refractivity contribution is 0.603. The van der Waals surface area contributed by atoms with Crippen LogP contribution in [0.5, 0.6) is 0 Å². The van der Waals surface area contributed by atoms with Gasteiger partial charge in [-0.05, 0) is 59.3 Å². The summed E-state index contributed by atoms with van der Waals surface area (Å²) in [7, 11) is -3.55. The van der Waals surface area contributed by atoms with Crippen LogP contribution in [0.25, 0.3) is 0 Å². The highest BCUT2D eigenvalue weighted by Crippen LogP contribution is 2.31. The van der Waals surface area contributed by atoms with E-state index < -0.39 is 10.0 Å². The number of aryl methyl sites for hydroxylation is 1. The SMILES string of the molecule is Cc1cc(S(=O)(=O)Nc2cccc(I)c2)sc1Cl. The van der Waals surface area contributed by atoms with Crippen LogP contribution in [0.4, 0.5) is 5.69 Å². The van der Waals surface area contributed by atoms with Crippen molar-refractivity contribution in [3.8, 4) is 0 Å². The minimum atomic E-state index is -3.55. The maximum atomic E-state index is 12.1. The Labute approximate surface area is 128 Å². The predicted molar refractivity (Wildman–Crippen MR) is 84.0 cm³/mol. The Kier molecular flexibility index (Phi) is 4.20. The Morgan fingerprint density at radius 2 is 2.06 bits per heavy atom. The average molecular weight is 414 g/mol. The van der Waals surface area contributed by atoms with E-state index in [1.165, 1.54) is 0 Å². The van der Waals surface area contributed by atoms with Gasteiger partial charge in [0.2, 0.25) is 0 Å². The molecule has 0 bridgehead atoms. The van der Waals surface area contributed by atoms with Gasteiger partial charge in [-0.3, -0.25) is 4.72 Å². The van der Waals surface area contributed by atoms with Crippen molar-refractivity contribution in [3.05, 3.63) is 43.8 Å². The first-order valence-electron chi connectivity index (χ1n) is 4.93. The molecule has 96 valence electrons. The molecule has 0 atom stereocenters. The molecule has 0 unspecified atom stereocenters. The van der Waals surface area contributed by atoms with E-state index in [9.17, 15) is 8.42 Å². The van der Waals surface area contributed by atoms with Crippen LogP contribution in [-0.2, 0) is 10.0 Å².